The summed E-state index contributed by atoms with van der Waals surface area (Å²) in [6.07, 6.45) is 0. The third kappa shape index (κ3) is 3.16. The maximum absolute atomic E-state index is 13.0. The van der Waals surface area contributed by atoms with Gasteiger partial charge in [-0.15, -0.1) is 11.3 Å². The van der Waals surface area contributed by atoms with E-state index in [0.717, 1.165) is 26.4 Å². The zero-order valence-electron chi connectivity index (χ0n) is 15.6. The molecule has 2 heterocycles. The molecule has 0 unspecified atom stereocenters. The van der Waals surface area contributed by atoms with Crippen molar-refractivity contribution in [2.24, 2.45) is 7.05 Å². The van der Waals surface area contributed by atoms with Crippen LogP contribution in [0.4, 0.5) is 0 Å². The lowest BCUT2D eigenvalue weighted by molar-refractivity contribution is 0.677. The van der Waals surface area contributed by atoms with Gasteiger partial charge in [0.2, 0.25) is 0 Å². The fourth-order valence-corrected chi connectivity index (χ4v) is 5.41. The first-order valence-corrected chi connectivity index (χ1v) is 10.9. The molecule has 0 amide bonds. The van der Waals surface area contributed by atoms with Crippen LogP contribution in [-0.4, -0.2) is 9.13 Å². The van der Waals surface area contributed by atoms with Crippen molar-refractivity contribution in [3.05, 3.63) is 92.1 Å². The van der Waals surface area contributed by atoms with Crippen LogP contribution in [0.25, 0.3) is 20.7 Å². The lowest BCUT2D eigenvalue weighted by Gasteiger charge is -2.09. The predicted octanol–water partition coefficient (Wildman–Crippen LogP) is 4.68. The van der Waals surface area contributed by atoms with Crippen LogP contribution < -0.4 is 11.2 Å². The second-order valence-corrected chi connectivity index (χ2v) is 8.37. The van der Waals surface area contributed by atoms with Gasteiger partial charge >= 0.3 is 5.69 Å². The molecule has 0 spiro atoms. The van der Waals surface area contributed by atoms with Gasteiger partial charge < -0.3 is 0 Å². The van der Waals surface area contributed by atoms with Crippen LogP contribution in [0.2, 0.25) is 0 Å². The molecule has 28 heavy (non-hydrogen) atoms. The molecular weight excluding hydrogens is 436 g/mol. The van der Waals surface area contributed by atoms with Crippen LogP contribution in [0.15, 0.2) is 64.2 Å². The predicted molar refractivity (Wildman–Crippen MR) is 120 cm³/mol. The molecule has 0 N–H and O–H groups in total. The average Bonchev–Trinajstić information content (AvgIpc) is 3.10. The molecule has 4 nitrogen and oxygen atoms in total. The van der Waals surface area contributed by atoms with Gasteiger partial charge in [-0.25, -0.2) is 4.79 Å². The van der Waals surface area contributed by atoms with Gasteiger partial charge in [0.1, 0.15) is 4.83 Å². The van der Waals surface area contributed by atoms with Crippen molar-refractivity contribution in [2.75, 3.05) is 0 Å². The highest BCUT2D eigenvalue weighted by Gasteiger charge is 2.21. The quantitative estimate of drug-likeness (QED) is 0.420. The van der Waals surface area contributed by atoms with E-state index in [2.05, 4.69) is 40.2 Å². The van der Waals surface area contributed by atoms with Gasteiger partial charge in [0.15, 0.2) is 0 Å². The highest BCUT2D eigenvalue weighted by atomic mass is 79.9. The zero-order valence-corrected chi connectivity index (χ0v) is 18.0. The van der Waals surface area contributed by atoms with E-state index in [9.17, 15) is 9.59 Å². The topological polar surface area (TPSA) is 44.0 Å². The first-order valence-electron chi connectivity index (χ1n) is 8.93. The van der Waals surface area contributed by atoms with E-state index >= 15 is 0 Å². The maximum Gasteiger partial charge on any atom is 0.332 e. The third-order valence-electron chi connectivity index (χ3n) is 4.90. The molecule has 2 aromatic heterocycles. The highest BCUT2D eigenvalue weighted by Crippen LogP contribution is 2.38. The molecule has 0 saturated heterocycles. The minimum absolute atomic E-state index is 0.242. The Hall–Kier alpha value is -2.44. The number of rotatable bonds is 4. The number of thiophene rings is 1. The molecule has 0 aliphatic heterocycles. The molecule has 0 saturated carbocycles. The van der Waals surface area contributed by atoms with Crippen molar-refractivity contribution < 1.29 is 0 Å². The van der Waals surface area contributed by atoms with Crippen LogP contribution in [0.3, 0.4) is 0 Å². The molecule has 4 aromatic rings. The first kappa shape index (κ1) is 18.9. The Labute approximate surface area is 174 Å². The average molecular weight is 455 g/mol. The van der Waals surface area contributed by atoms with Gasteiger partial charge in [0.05, 0.1) is 11.9 Å². The summed E-state index contributed by atoms with van der Waals surface area (Å²) >= 11 is 5.07. The first-order chi connectivity index (χ1) is 13.5. The summed E-state index contributed by atoms with van der Waals surface area (Å²) in [4.78, 5) is 27.6. The number of aromatic nitrogens is 2. The zero-order chi connectivity index (χ0) is 19.8. The molecule has 0 aliphatic rings. The summed E-state index contributed by atoms with van der Waals surface area (Å²) in [7, 11) is 1.55. The number of hydrogen-bond donors (Lipinski definition) is 0. The summed E-state index contributed by atoms with van der Waals surface area (Å²) in [5.74, 6) is 0. The molecule has 0 bridgehead atoms. The fourth-order valence-electron chi connectivity index (χ4n) is 3.36. The Balaban J connectivity index is 2.04. The van der Waals surface area contributed by atoms with Crippen LogP contribution in [-0.2, 0) is 18.9 Å². The van der Waals surface area contributed by atoms with Crippen molar-refractivity contribution >= 4 is 37.5 Å². The van der Waals surface area contributed by atoms with E-state index in [1.54, 1.807) is 11.6 Å². The van der Waals surface area contributed by atoms with E-state index in [-0.39, 0.29) is 11.2 Å². The third-order valence-corrected chi connectivity index (χ3v) is 6.77. The number of alkyl halides is 1. The highest BCUT2D eigenvalue weighted by molar-refractivity contribution is 9.08. The smallest absolute Gasteiger partial charge is 0.280 e. The SMILES string of the molecule is Cc1ccc(-c2sc3c(c2CBr)c(=O)n(C)c(=O)n3Cc2ccccc2)cc1. The van der Waals surface area contributed by atoms with Crippen molar-refractivity contribution in [2.45, 2.75) is 18.8 Å². The molecule has 6 heteroatoms. The summed E-state index contributed by atoms with van der Waals surface area (Å²) in [6, 6.07) is 18.1. The van der Waals surface area contributed by atoms with Gasteiger partial charge in [-0.05, 0) is 23.6 Å². The number of nitrogens with zero attached hydrogens (tertiary/aromatic N) is 2. The molecule has 0 aliphatic carbocycles. The van der Waals surface area contributed by atoms with E-state index in [1.165, 1.54) is 21.5 Å². The van der Waals surface area contributed by atoms with Crippen LogP contribution in [0.1, 0.15) is 16.7 Å². The van der Waals surface area contributed by atoms with Crippen LogP contribution in [0.5, 0.6) is 0 Å². The Morgan fingerprint density at radius 3 is 2.32 bits per heavy atom. The van der Waals surface area contributed by atoms with Crippen molar-refractivity contribution in [3.8, 4) is 10.4 Å². The summed E-state index contributed by atoms with van der Waals surface area (Å²) in [6.45, 7) is 2.48. The molecule has 2 aromatic carbocycles. The normalized spacial score (nSPS) is 11.2. The number of halogens is 1. The van der Waals surface area contributed by atoms with Crippen molar-refractivity contribution in [1.82, 2.24) is 9.13 Å². The molecule has 0 atom stereocenters. The van der Waals surface area contributed by atoms with Gasteiger partial charge in [0.25, 0.3) is 5.56 Å². The molecular formula is C22H19BrN2O2S. The lowest BCUT2D eigenvalue weighted by Crippen LogP contribution is -2.38. The largest absolute Gasteiger partial charge is 0.332 e. The minimum atomic E-state index is -0.292. The molecule has 0 fully saturated rings. The second kappa shape index (κ2) is 7.53. The monoisotopic (exact) mass is 454 g/mol. The second-order valence-electron chi connectivity index (χ2n) is 6.81. The van der Waals surface area contributed by atoms with Gasteiger partial charge in [-0.3, -0.25) is 13.9 Å². The van der Waals surface area contributed by atoms with E-state index in [1.807, 2.05) is 37.3 Å². The number of hydrogen-bond acceptors (Lipinski definition) is 3. The van der Waals surface area contributed by atoms with Gasteiger partial charge in [-0.1, -0.05) is 76.1 Å². The molecule has 0 radical (unpaired) electrons. The summed E-state index contributed by atoms with van der Waals surface area (Å²) < 4.78 is 2.92. The Morgan fingerprint density at radius 2 is 1.68 bits per heavy atom. The van der Waals surface area contributed by atoms with Crippen molar-refractivity contribution in [3.63, 3.8) is 0 Å². The maximum atomic E-state index is 13.0. The summed E-state index contributed by atoms with van der Waals surface area (Å²) in [5.41, 5.74) is 3.67. The Kier molecular flexibility index (Phi) is 5.08. The van der Waals surface area contributed by atoms with Crippen LogP contribution in [0, 0.1) is 6.92 Å². The van der Waals surface area contributed by atoms with Gasteiger partial charge in [-0.2, -0.15) is 0 Å². The fraction of sp³-hybridized carbons (Fsp3) is 0.182. The number of aryl methyl sites for hydroxylation is 1. The standard InChI is InChI=1S/C22H19BrN2O2S/c1-14-8-10-16(11-9-14)19-17(12-23)18-20(26)24(2)22(27)25(21(18)28-19)13-15-6-4-3-5-7-15/h3-11H,12-13H2,1-2H3. The van der Waals surface area contributed by atoms with E-state index in [0.29, 0.717) is 17.3 Å². The lowest BCUT2D eigenvalue weighted by atomic mass is 10.1. The Bertz CT molecular complexity index is 1270. The molecule has 4 rings (SSSR count). The number of fused-ring (bicyclic) bond motifs is 1. The number of benzene rings is 2. The van der Waals surface area contributed by atoms with Crippen molar-refractivity contribution in [1.29, 1.82) is 0 Å². The molecule has 142 valence electrons. The summed E-state index contributed by atoms with van der Waals surface area (Å²) in [5, 5.41) is 1.17. The Morgan fingerprint density at radius 1 is 1.00 bits per heavy atom. The van der Waals surface area contributed by atoms with Crippen LogP contribution >= 0.6 is 27.3 Å². The van der Waals surface area contributed by atoms with E-state index < -0.39 is 0 Å². The minimum Gasteiger partial charge on any atom is -0.280 e. The van der Waals surface area contributed by atoms with Gasteiger partial charge in [0, 0.05) is 17.3 Å². The van der Waals surface area contributed by atoms with E-state index in [4.69, 9.17) is 0 Å².